The molecule has 1 saturated heterocycles. The molecule has 1 aromatic heterocycles. The second-order valence-electron chi connectivity index (χ2n) is 9.25. The highest BCUT2D eigenvalue weighted by atomic mass is 19.1. The minimum Gasteiger partial charge on any atom is -0.495 e. The van der Waals surface area contributed by atoms with Crippen molar-refractivity contribution < 1.29 is 27.8 Å². The van der Waals surface area contributed by atoms with E-state index in [-0.39, 0.29) is 17.6 Å². The van der Waals surface area contributed by atoms with Crippen molar-refractivity contribution in [1.29, 1.82) is 0 Å². The number of nitrogens with one attached hydrogen (secondary N) is 1. The van der Waals surface area contributed by atoms with Crippen LogP contribution in [-0.4, -0.2) is 54.2 Å². The van der Waals surface area contributed by atoms with Gasteiger partial charge in [0.15, 0.2) is 11.5 Å². The number of aromatic nitrogens is 2. The monoisotopic (exact) mass is 546 g/mol. The van der Waals surface area contributed by atoms with Crippen LogP contribution in [0, 0.1) is 11.6 Å². The number of piperidine rings is 1. The number of methoxy groups -OCH3 is 2. The van der Waals surface area contributed by atoms with Crippen LogP contribution in [0.4, 0.5) is 20.3 Å². The molecule has 2 heterocycles. The van der Waals surface area contributed by atoms with Crippen LogP contribution >= 0.6 is 0 Å². The van der Waals surface area contributed by atoms with Crippen LogP contribution in [-0.2, 0) is 4.79 Å². The van der Waals surface area contributed by atoms with Gasteiger partial charge in [0.1, 0.15) is 35.6 Å². The number of amides is 1. The summed E-state index contributed by atoms with van der Waals surface area (Å²) in [7, 11) is 3.09. The first-order valence-electron chi connectivity index (χ1n) is 12.7. The lowest BCUT2D eigenvalue weighted by Gasteiger charge is -2.31. The van der Waals surface area contributed by atoms with Crippen molar-refractivity contribution in [3.8, 4) is 28.4 Å². The normalized spacial score (nSPS) is 13.7. The molecule has 0 spiro atoms. The summed E-state index contributed by atoms with van der Waals surface area (Å²) in [6.45, 7) is 4.71. The number of fused-ring (bicyclic) bond motifs is 1. The minimum atomic E-state index is -0.669. The smallest absolute Gasteiger partial charge is 0.245 e. The van der Waals surface area contributed by atoms with Gasteiger partial charge in [0.25, 0.3) is 0 Å². The van der Waals surface area contributed by atoms with E-state index in [1.54, 1.807) is 36.3 Å². The molecule has 1 amide bonds. The summed E-state index contributed by atoms with van der Waals surface area (Å²) < 4.78 is 45.4. The lowest BCUT2D eigenvalue weighted by Crippen LogP contribution is -2.41. The number of benzene rings is 3. The third-order valence-corrected chi connectivity index (χ3v) is 6.84. The van der Waals surface area contributed by atoms with Gasteiger partial charge in [-0.2, -0.15) is 0 Å². The summed E-state index contributed by atoms with van der Waals surface area (Å²) in [4.78, 5) is 22.5. The van der Waals surface area contributed by atoms with Gasteiger partial charge in [-0.05, 0) is 42.0 Å². The Hall–Kier alpha value is -4.73. The average molecular weight is 547 g/mol. The summed E-state index contributed by atoms with van der Waals surface area (Å²) in [6, 6.07) is 12.1. The van der Waals surface area contributed by atoms with Gasteiger partial charge in [0.2, 0.25) is 5.91 Å². The van der Waals surface area contributed by atoms with Crippen LogP contribution < -0.4 is 19.5 Å². The molecule has 0 radical (unpaired) electrons. The molecule has 8 nitrogen and oxygen atoms in total. The SMILES string of the molecule is C=CC(=O)N1CCC(Oc2cc3c(Nc4cc(-c5ccc(F)cc5F)ccc4OC)ncnc3cc2OC)CC1. The van der Waals surface area contributed by atoms with Crippen LogP contribution in [0.5, 0.6) is 17.2 Å². The lowest BCUT2D eigenvalue weighted by atomic mass is 10.0. The van der Waals surface area contributed by atoms with Gasteiger partial charge < -0.3 is 24.4 Å². The van der Waals surface area contributed by atoms with Crippen LogP contribution in [0.25, 0.3) is 22.0 Å². The van der Waals surface area contributed by atoms with Gasteiger partial charge in [0, 0.05) is 49.0 Å². The molecule has 1 aliphatic heterocycles. The maximum Gasteiger partial charge on any atom is 0.245 e. The number of carbonyl (C=O) groups is 1. The van der Waals surface area contributed by atoms with Crippen LogP contribution in [0.3, 0.4) is 0 Å². The molecule has 0 atom stereocenters. The Morgan fingerprint density at radius 2 is 1.77 bits per heavy atom. The van der Waals surface area contributed by atoms with E-state index in [1.807, 2.05) is 6.07 Å². The highest BCUT2D eigenvalue weighted by Crippen LogP contribution is 2.38. The Bertz CT molecular complexity index is 1570. The first kappa shape index (κ1) is 26.9. The highest BCUT2D eigenvalue weighted by molar-refractivity contribution is 5.94. The lowest BCUT2D eigenvalue weighted by molar-refractivity contribution is -0.127. The van der Waals surface area contributed by atoms with Crippen molar-refractivity contribution in [2.75, 3.05) is 32.6 Å². The Labute approximate surface area is 230 Å². The predicted octanol–water partition coefficient (Wildman–Crippen LogP) is 5.89. The van der Waals surface area contributed by atoms with E-state index in [0.29, 0.717) is 71.2 Å². The standard InChI is InChI=1S/C30H28F2N4O4/c1-4-29(37)36-11-9-20(10-12-36)40-28-15-22-24(16-27(28)39-3)33-17-34-30(22)35-25-13-18(5-8-26(25)38-2)21-7-6-19(31)14-23(21)32/h4-8,13-17,20H,1,9-12H2,2-3H3,(H,33,34,35). The average Bonchev–Trinajstić information content (AvgIpc) is 2.97. The third-order valence-electron chi connectivity index (χ3n) is 6.84. The van der Waals surface area contributed by atoms with Crippen molar-refractivity contribution in [3.05, 3.63) is 79.1 Å². The van der Waals surface area contributed by atoms with Crippen LogP contribution in [0.1, 0.15) is 12.8 Å². The zero-order chi connectivity index (χ0) is 28.2. The molecule has 5 rings (SSSR count). The van der Waals surface area contributed by atoms with E-state index in [9.17, 15) is 13.6 Å². The van der Waals surface area contributed by atoms with Gasteiger partial charge >= 0.3 is 0 Å². The Morgan fingerprint density at radius 3 is 2.48 bits per heavy atom. The third kappa shape index (κ3) is 5.51. The molecule has 40 heavy (non-hydrogen) atoms. The first-order chi connectivity index (χ1) is 19.4. The minimum absolute atomic E-state index is 0.0868. The largest absolute Gasteiger partial charge is 0.495 e. The van der Waals surface area contributed by atoms with E-state index in [4.69, 9.17) is 14.2 Å². The number of ether oxygens (including phenoxy) is 3. The number of hydrogen-bond donors (Lipinski definition) is 1. The number of anilines is 2. The molecule has 4 aromatic rings. The first-order valence-corrected chi connectivity index (χ1v) is 12.7. The number of nitrogens with zero attached hydrogens (tertiary/aromatic N) is 3. The fourth-order valence-corrected chi connectivity index (χ4v) is 4.74. The molecule has 1 aliphatic rings. The Morgan fingerprint density at radius 1 is 1.00 bits per heavy atom. The zero-order valence-corrected chi connectivity index (χ0v) is 22.1. The quantitative estimate of drug-likeness (QED) is 0.276. The summed E-state index contributed by atoms with van der Waals surface area (Å²) in [5.74, 6) is 0.615. The molecule has 0 saturated carbocycles. The van der Waals surface area contributed by atoms with E-state index >= 15 is 0 Å². The van der Waals surface area contributed by atoms with Crippen molar-refractivity contribution in [3.63, 3.8) is 0 Å². The maximum absolute atomic E-state index is 14.5. The number of hydrogen-bond acceptors (Lipinski definition) is 7. The molecule has 0 aliphatic carbocycles. The van der Waals surface area contributed by atoms with E-state index in [0.717, 1.165) is 6.07 Å². The van der Waals surface area contributed by atoms with Gasteiger partial charge in [-0.3, -0.25) is 4.79 Å². The molecular formula is C30H28F2N4O4. The second kappa shape index (κ2) is 11.6. The second-order valence-corrected chi connectivity index (χ2v) is 9.25. The molecule has 0 bridgehead atoms. The maximum atomic E-state index is 14.5. The van der Waals surface area contributed by atoms with Crippen LogP contribution in [0.15, 0.2) is 67.5 Å². The van der Waals surface area contributed by atoms with Gasteiger partial charge in [-0.1, -0.05) is 12.6 Å². The van der Waals surface area contributed by atoms with E-state index in [1.165, 1.54) is 31.6 Å². The van der Waals surface area contributed by atoms with Crippen molar-refractivity contribution in [2.24, 2.45) is 0 Å². The summed E-state index contributed by atoms with van der Waals surface area (Å²) >= 11 is 0. The van der Waals surface area contributed by atoms with E-state index in [2.05, 4.69) is 21.9 Å². The van der Waals surface area contributed by atoms with E-state index < -0.39 is 11.6 Å². The fraction of sp³-hybridized carbons (Fsp3) is 0.233. The molecule has 206 valence electrons. The topological polar surface area (TPSA) is 85.8 Å². The molecule has 10 heteroatoms. The van der Waals surface area contributed by atoms with Crippen molar-refractivity contribution in [1.82, 2.24) is 14.9 Å². The predicted molar refractivity (Wildman–Crippen MR) is 148 cm³/mol. The zero-order valence-electron chi connectivity index (χ0n) is 22.1. The van der Waals surface area contributed by atoms with Gasteiger partial charge in [0.05, 0.1) is 25.4 Å². The van der Waals surface area contributed by atoms with Gasteiger partial charge in [-0.15, -0.1) is 0 Å². The molecule has 1 N–H and O–H groups in total. The number of halogens is 2. The summed E-state index contributed by atoms with van der Waals surface area (Å²) in [5, 5.41) is 3.94. The molecule has 0 unspecified atom stereocenters. The fourth-order valence-electron chi connectivity index (χ4n) is 4.74. The summed E-state index contributed by atoms with van der Waals surface area (Å²) in [5.41, 5.74) is 1.93. The molecule has 3 aromatic carbocycles. The highest BCUT2D eigenvalue weighted by Gasteiger charge is 2.24. The van der Waals surface area contributed by atoms with Gasteiger partial charge in [-0.25, -0.2) is 18.7 Å². The number of rotatable bonds is 8. The van der Waals surface area contributed by atoms with Crippen LogP contribution in [0.2, 0.25) is 0 Å². The van der Waals surface area contributed by atoms with Crippen molar-refractivity contribution >= 4 is 28.3 Å². The Kier molecular flexibility index (Phi) is 7.77. The summed E-state index contributed by atoms with van der Waals surface area (Å²) in [6.07, 6.45) is 3.97. The van der Waals surface area contributed by atoms with Crippen molar-refractivity contribution in [2.45, 2.75) is 18.9 Å². The number of likely N-dealkylation sites (tertiary alicyclic amines) is 1. The molecule has 1 fully saturated rings. The Balaban J connectivity index is 1.46. The molecular weight excluding hydrogens is 518 g/mol. The number of carbonyl (C=O) groups excluding carboxylic acids is 1.